The smallest absolute Gasteiger partial charge is 0.317 e. The van der Waals surface area contributed by atoms with E-state index in [1.807, 2.05) is 11.8 Å². The van der Waals surface area contributed by atoms with E-state index in [0.29, 0.717) is 19.3 Å². The first-order chi connectivity index (χ1) is 6.24. The highest BCUT2D eigenvalue weighted by Crippen LogP contribution is 2.16. The Labute approximate surface area is 78.5 Å². The summed E-state index contributed by atoms with van der Waals surface area (Å²) in [4.78, 5) is 12.5. The van der Waals surface area contributed by atoms with Gasteiger partial charge in [0.1, 0.15) is 0 Å². The highest BCUT2D eigenvalue weighted by molar-refractivity contribution is 5.69. The van der Waals surface area contributed by atoms with Gasteiger partial charge >= 0.3 is 5.97 Å². The molecule has 0 aromatic carbocycles. The van der Waals surface area contributed by atoms with Crippen LogP contribution in [0, 0.1) is 0 Å². The first-order valence-electron chi connectivity index (χ1n) is 4.77. The zero-order valence-electron chi connectivity index (χ0n) is 8.03. The van der Waals surface area contributed by atoms with Crippen molar-refractivity contribution in [1.29, 1.82) is 0 Å². The fourth-order valence-corrected chi connectivity index (χ4v) is 1.72. The van der Waals surface area contributed by atoms with Crippen LogP contribution in [0.15, 0.2) is 0 Å². The third-order valence-electron chi connectivity index (χ3n) is 2.35. The van der Waals surface area contributed by atoms with Crippen LogP contribution in [0.4, 0.5) is 0 Å². The Morgan fingerprint density at radius 2 is 2.46 bits per heavy atom. The van der Waals surface area contributed by atoms with Crippen molar-refractivity contribution < 1.29 is 14.6 Å². The maximum Gasteiger partial charge on any atom is 0.317 e. The number of aliphatic carboxylic acids is 1. The molecule has 0 saturated carbocycles. The zero-order valence-corrected chi connectivity index (χ0v) is 8.03. The molecule has 0 radical (unpaired) electrons. The molecule has 4 nitrogen and oxygen atoms in total. The molecule has 13 heavy (non-hydrogen) atoms. The van der Waals surface area contributed by atoms with E-state index in [1.165, 1.54) is 0 Å². The Kier molecular flexibility index (Phi) is 4.18. The maximum atomic E-state index is 10.5. The first kappa shape index (κ1) is 10.5. The van der Waals surface area contributed by atoms with Crippen molar-refractivity contribution in [3.8, 4) is 0 Å². The number of carbonyl (C=O) groups is 1. The van der Waals surface area contributed by atoms with Crippen molar-refractivity contribution in [2.75, 3.05) is 26.3 Å². The summed E-state index contributed by atoms with van der Waals surface area (Å²) in [6.07, 6.45) is 2.15. The average Bonchev–Trinajstić information content (AvgIpc) is 2.48. The van der Waals surface area contributed by atoms with Crippen molar-refractivity contribution in [2.24, 2.45) is 0 Å². The predicted octanol–water partition coefficient (Wildman–Crippen LogP) is 0.572. The fraction of sp³-hybridized carbons (Fsp3) is 0.889. The van der Waals surface area contributed by atoms with Crippen LogP contribution in [0.2, 0.25) is 0 Å². The number of carboxylic acids is 1. The first-order valence-corrected chi connectivity index (χ1v) is 4.77. The van der Waals surface area contributed by atoms with Crippen molar-refractivity contribution >= 4 is 5.97 Å². The van der Waals surface area contributed by atoms with Crippen molar-refractivity contribution in [3.63, 3.8) is 0 Å². The molecule has 1 fully saturated rings. The van der Waals surface area contributed by atoms with Crippen LogP contribution in [0.3, 0.4) is 0 Å². The number of carboxylic acid groups (broad SMARTS) is 1. The van der Waals surface area contributed by atoms with Crippen LogP contribution in [0.5, 0.6) is 0 Å². The van der Waals surface area contributed by atoms with E-state index >= 15 is 0 Å². The molecule has 1 rings (SSSR count). The Bertz CT molecular complexity index is 172. The lowest BCUT2D eigenvalue weighted by Crippen LogP contribution is -2.37. The molecule has 0 unspecified atom stereocenters. The normalized spacial score (nSPS) is 23.6. The highest BCUT2D eigenvalue weighted by Gasteiger charge is 2.25. The second-order valence-corrected chi connectivity index (χ2v) is 3.32. The molecule has 76 valence electrons. The maximum absolute atomic E-state index is 10.5. The molecule has 1 aliphatic heterocycles. The van der Waals surface area contributed by atoms with Gasteiger partial charge in [-0.05, 0) is 26.3 Å². The van der Waals surface area contributed by atoms with Gasteiger partial charge < -0.3 is 9.84 Å². The summed E-state index contributed by atoms with van der Waals surface area (Å²) in [5.41, 5.74) is 0. The summed E-state index contributed by atoms with van der Waals surface area (Å²) in [5.74, 6) is -0.747. The molecular weight excluding hydrogens is 170 g/mol. The molecule has 1 aliphatic rings. The molecule has 1 heterocycles. The van der Waals surface area contributed by atoms with Gasteiger partial charge in [0.25, 0.3) is 0 Å². The van der Waals surface area contributed by atoms with Crippen LogP contribution in [0.1, 0.15) is 19.8 Å². The monoisotopic (exact) mass is 187 g/mol. The number of nitrogens with zero attached hydrogens (tertiary/aromatic N) is 1. The van der Waals surface area contributed by atoms with Crippen molar-refractivity contribution in [1.82, 2.24) is 4.90 Å². The Balaban J connectivity index is 2.30. The van der Waals surface area contributed by atoms with Gasteiger partial charge in [0, 0.05) is 12.6 Å². The number of ether oxygens (including phenoxy) is 1. The second kappa shape index (κ2) is 5.19. The molecule has 1 saturated heterocycles. The molecule has 0 aliphatic carbocycles. The molecule has 0 aromatic heterocycles. The largest absolute Gasteiger partial charge is 0.480 e. The third-order valence-corrected chi connectivity index (χ3v) is 2.35. The summed E-state index contributed by atoms with van der Waals surface area (Å²) in [6.45, 7) is 4.37. The average molecular weight is 187 g/mol. The minimum absolute atomic E-state index is 0.151. The third kappa shape index (κ3) is 3.32. The summed E-state index contributed by atoms with van der Waals surface area (Å²) >= 11 is 0. The van der Waals surface area contributed by atoms with E-state index in [4.69, 9.17) is 9.84 Å². The van der Waals surface area contributed by atoms with E-state index in [0.717, 1.165) is 19.4 Å². The second-order valence-electron chi connectivity index (χ2n) is 3.32. The Hall–Kier alpha value is -0.610. The van der Waals surface area contributed by atoms with Gasteiger partial charge in [-0.3, -0.25) is 9.69 Å². The summed E-state index contributed by atoms with van der Waals surface area (Å²) in [7, 11) is 0. The summed E-state index contributed by atoms with van der Waals surface area (Å²) in [5, 5.41) is 8.63. The van der Waals surface area contributed by atoms with Crippen LogP contribution >= 0.6 is 0 Å². The van der Waals surface area contributed by atoms with E-state index in [9.17, 15) is 4.79 Å². The van der Waals surface area contributed by atoms with E-state index < -0.39 is 5.97 Å². The molecule has 0 bridgehead atoms. The summed E-state index contributed by atoms with van der Waals surface area (Å²) < 4.78 is 5.29. The summed E-state index contributed by atoms with van der Waals surface area (Å²) in [6, 6.07) is 0.316. The van der Waals surface area contributed by atoms with Gasteiger partial charge in [-0.25, -0.2) is 0 Å². The van der Waals surface area contributed by atoms with Gasteiger partial charge in [-0.2, -0.15) is 0 Å². The highest BCUT2D eigenvalue weighted by atomic mass is 16.5. The van der Waals surface area contributed by atoms with E-state index in [2.05, 4.69) is 0 Å². The molecule has 1 N–H and O–H groups in total. The van der Waals surface area contributed by atoms with Gasteiger partial charge in [-0.15, -0.1) is 0 Å². The number of likely N-dealkylation sites (tertiary alicyclic amines) is 1. The van der Waals surface area contributed by atoms with E-state index in [-0.39, 0.29) is 6.54 Å². The van der Waals surface area contributed by atoms with Gasteiger partial charge in [-0.1, -0.05) is 0 Å². The standard InChI is InChI=1S/C9H17NO3/c1-2-13-7-8-4-3-5-10(8)6-9(11)12/h8H,2-7H2,1H3,(H,11,12)/t8-/m1/s1. The Morgan fingerprint density at radius 1 is 1.69 bits per heavy atom. The minimum Gasteiger partial charge on any atom is -0.480 e. The zero-order chi connectivity index (χ0) is 9.68. The lowest BCUT2D eigenvalue weighted by Gasteiger charge is -2.21. The molecule has 1 atom stereocenters. The van der Waals surface area contributed by atoms with Crippen LogP contribution in [-0.2, 0) is 9.53 Å². The van der Waals surface area contributed by atoms with E-state index in [1.54, 1.807) is 0 Å². The number of rotatable bonds is 5. The molecule has 0 amide bonds. The topological polar surface area (TPSA) is 49.8 Å². The minimum atomic E-state index is -0.747. The number of hydrogen-bond acceptors (Lipinski definition) is 3. The van der Waals surface area contributed by atoms with Crippen molar-refractivity contribution in [2.45, 2.75) is 25.8 Å². The van der Waals surface area contributed by atoms with Crippen LogP contribution in [-0.4, -0.2) is 48.3 Å². The van der Waals surface area contributed by atoms with Gasteiger partial charge in [0.2, 0.25) is 0 Å². The Morgan fingerprint density at radius 3 is 3.08 bits per heavy atom. The van der Waals surface area contributed by atoms with Gasteiger partial charge in [0.15, 0.2) is 0 Å². The fourth-order valence-electron chi connectivity index (χ4n) is 1.72. The predicted molar refractivity (Wildman–Crippen MR) is 48.7 cm³/mol. The lowest BCUT2D eigenvalue weighted by atomic mass is 10.2. The SMILES string of the molecule is CCOC[C@H]1CCCN1CC(=O)O. The molecule has 0 spiro atoms. The molecular formula is C9H17NO3. The molecule has 4 heteroatoms. The van der Waals surface area contributed by atoms with Crippen LogP contribution in [0.25, 0.3) is 0 Å². The quantitative estimate of drug-likeness (QED) is 0.683. The number of hydrogen-bond donors (Lipinski definition) is 1. The molecule has 0 aromatic rings. The van der Waals surface area contributed by atoms with Gasteiger partial charge in [0.05, 0.1) is 13.2 Å². The lowest BCUT2D eigenvalue weighted by molar-refractivity contribution is -0.138. The van der Waals surface area contributed by atoms with Crippen molar-refractivity contribution in [3.05, 3.63) is 0 Å². The van der Waals surface area contributed by atoms with Crippen LogP contribution < -0.4 is 0 Å².